The van der Waals surface area contributed by atoms with Crippen molar-refractivity contribution < 1.29 is 9.53 Å². The first-order valence-corrected chi connectivity index (χ1v) is 7.87. The molecule has 0 fully saturated rings. The van der Waals surface area contributed by atoms with Crippen LogP contribution in [0.5, 0.6) is 5.75 Å². The molecule has 0 radical (unpaired) electrons. The SMILES string of the molecule is COc1c(C)ccc(NC(=O)c2cc(Cl)ccc2-n2cnnn2)c1C. The van der Waals surface area contributed by atoms with Gasteiger partial charge in [-0.25, -0.2) is 0 Å². The summed E-state index contributed by atoms with van der Waals surface area (Å²) in [5.41, 5.74) is 3.40. The maximum Gasteiger partial charge on any atom is 0.257 e. The number of aromatic nitrogens is 4. The zero-order chi connectivity index (χ0) is 18.0. The normalized spacial score (nSPS) is 10.6. The average Bonchev–Trinajstić information content (AvgIpc) is 3.12. The largest absolute Gasteiger partial charge is 0.496 e. The highest BCUT2D eigenvalue weighted by Gasteiger charge is 2.17. The average molecular weight is 358 g/mol. The van der Waals surface area contributed by atoms with Gasteiger partial charge in [0.05, 0.1) is 18.4 Å². The molecule has 7 nitrogen and oxygen atoms in total. The Labute approximate surface area is 149 Å². The van der Waals surface area contributed by atoms with Crippen LogP contribution in [0.15, 0.2) is 36.7 Å². The molecular weight excluding hydrogens is 342 g/mol. The van der Waals surface area contributed by atoms with Gasteiger partial charge >= 0.3 is 0 Å². The van der Waals surface area contributed by atoms with Crippen LogP contribution in [0, 0.1) is 13.8 Å². The molecule has 8 heteroatoms. The Hall–Kier alpha value is -2.93. The second kappa shape index (κ2) is 6.90. The first-order valence-electron chi connectivity index (χ1n) is 7.49. The summed E-state index contributed by atoms with van der Waals surface area (Å²) in [6.45, 7) is 3.84. The van der Waals surface area contributed by atoms with Gasteiger partial charge in [0.25, 0.3) is 5.91 Å². The Morgan fingerprint density at radius 2 is 2.04 bits per heavy atom. The summed E-state index contributed by atoms with van der Waals surface area (Å²) in [7, 11) is 1.60. The summed E-state index contributed by atoms with van der Waals surface area (Å²) >= 11 is 6.06. The predicted octanol–water partition coefficient (Wildman–Crippen LogP) is 3.19. The van der Waals surface area contributed by atoms with E-state index in [1.165, 1.54) is 11.0 Å². The number of rotatable bonds is 4. The quantitative estimate of drug-likeness (QED) is 0.775. The van der Waals surface area contributed by atoms with Crippen molar-refractivity contribution in [1.29, 1.82) is 0 Å². The number of hydrogen-bond acceptors (Lipinski definition) is 5. The van der Waals surface area contributed by atoms with Crippen LogP contribution in [-0.4, -0.2) is 33.2 Å². The fourth-order valence-corrected chi connectivity index (χ4v) is 2.80. The van der Waals surface area contributed by atoms with Crippen molar-refractivity contribution in [3.63, 3.8) is 0 Å². The van der Waals surface area contributed by atoms with Gasteiger partial charge in [0, 0.05) is 16.3 Å². The monoisotopic (exact) mass is 357 g/mol. The standard InChI is InChI=1S/C17H16ClN5O2/c1-10-4-6-14(11(2)16(10)25-3)20-17(24)13-8-12(18)5-7-15(13)23-9-19-21-22-23/h4-9H,1-3H3,(H,20,24). The van der Waals surface area contributed by atoms with E-state index in [0.717, 1.165) is 16.9 Å². The van der Waals surface area contributed by atoms with E-state index in [0.29, 0.717) is 22.0 Å². The Morgan fingerprint density at radius 1 is 1.24 bits per heavy atom. The summed E-state index contributed by atoms with van der Waals surface area (Å²) in [5.74, 6) is 0.423. The van der Waals surface area contributed by atoms with E-state index in [1.54, 1.807) is 25.3 Å². The smallest absolute Gasteiger partial charge is 0.257 e. The van der Waals surface area contributed by atoms with Crippen LogP contribution in [0.2, 0.25) is 5.02 Å². The number of hydrogen-bond donors (Lipinski definition) is 1. The Balaban J connectivity index is 1.99. The van der Waals surface area contributed by atoms with Gasteiger partial charge in [-0.2, -0.15) is 4.68 Å². The molecule has 0 atom stereocenters. The third-order valence-electron chi connectivity index (χ3n) is 3.85. The summed E-state index contributed by atoms with van der Waals surface area (Å²) in [6.07, 6.45) is 1.42. The Bertz CT molecular complexity index is 925. The number of methoxy groups -OCH3 is 1. The molecule has 25 heavy (non-hydrogen) atoms. The molecule has 1 amide bonds. The van der Waals surface area contributed by atoms with Crippen molar-refractivity contribution in [2.75, 3.05) is 12.4 Å². The lowest BCUT2D eigenvalue weighted by molar-refractivity contribution is 0.102. The Kier molecular flexibility index (Phi) is 4.67. The number of anilines is 1. The highest BCUT2D eigenvalue weighted by molar-refractivity contribution is 6.31. The number of carbonyl (C=O) groups is 1. The number of carbonyl (C=O) groups excluding carboxylic acids is 1. The molecule has 1 heterocycles. The molecule has 0 aliphatic heterocycles. The van der Waals surface area contributed by atoms with Crippen LogP contribution in [-0.2, 0) is 0 Å². The molecule has 0 saturated carbocycles. The van der Waals surface area contributed by atoms with Gasteiger partial charge in [-0.1, -0.05) is 17.7 Å². The minimum Gasteiger partial charge on any atom is -0.496 e. The first kappa shape index (κ1) is 16.9. The predicted molar refractivity (Wildman–Crippen MR) is 94.6 cm³/mol. The molecule has 0 aliphatic carbocycles. The van der Waals surface area contributed by atoms with Crippen molar-refractivity contribution in [2.24, 2.45) is 0 Å². The van der Waals surface area contributed by atoms with Gasteiger partial charge in [0.15, 0.2) is 0 Å². The van der Waals surface area contributed by atoms with Crippen LogP contribution in [0.4, 0.5) is 5.69 Å². The van der Waals surface area contributed by atoms with Crippen molar-refractivity contribution in [3.05, 3.63) is 58.4 Å². The van der Waals surface area contributed by atoms with Gasteiger partial charge in [-0.05, 0) is 54.1 Å². The van der Waals surface area contributed by atoms with Crippen molar-refractivity contribution >= 4 is 23.2 Å². The molecule has 128 valence electrons. The lowest BCUT2D eigenvalue weighted by Crippen LogP contribution is -2.16. The number of ether oxygens (including phenoxy) is 1. The van der Waals surface area contributed by atoms with Gasteiger partial charge < -0.3 is 10.1 Å². The van der Waals surface area contributed by atoms with E-state index in [2.05, 4.69) is 20.8 Å². The van der Waals surface area contributed by atoms with E-state index in [4.69, 9.17) is 16.3 Å². The molecular formula is C17H16ClN5O2. The van der Waals surface area contributed by atoms with Crippen LogP contribution in [0.1, 0.15) is 21.5 Å². The maximum absolute atomic E-state index is 12.8. The molecule has 3 aromatic rings. The van der Waals surface area contributed by atoms with E-state index < -0.39 is 0 Å². The highest BCUT2D eigenvalue weighted by atomic mass is 35.5. The number of benzene rings is 2. The summed E-state index contributed by atoms with van der Waals surface area (Å²) in [6, 6.07) is 8.67. The van der Waals surface area contributed by atoms with E-state index in [9.17, 15) is 4.79 Å². The molecule has 1 aromatic heterocycles. The number of aryl methyl sites for hydroxylation is 1. The zero-order valence-electron chi connectivity index (χ0n) is 13.9. The van der Waals surface area contributed by atoms with E-state index in [-0.39, 0.29) is 5.91 Å². The van der Waals surface area contributed by atoms with Crippen LogP contribution in [0.25, 0.3) is 5.69 Å². The van der Waals surface area contributed by atoms with Crippen molar-refractivity contribution in [3.8, 4) is 11.4 Å². The van der Waals surface area contributed by atoms with Gasteiger partial charge in [0.2, 0.25) is 0 Å². The van der Waals surface area contributed by atoms with E-state index >= 15 is 0 Å². The second-order valence-electron chi connectivity index (χ2n) is 5.46. The number of nitrogens with one attached hydrogen (secondary N) is 1. The molecule has 0 aliphatic rings. The van der Waals surface area contributed by atoms with Crippen LogP contribution in [0.3, 0.4) is 0 Å². The molecule has 0 unspecified atom stereocenters. The van der Waals surface area contributed by atoms with Gasteiger partial charge in [-0.15, -0.1) is 5.10 Å². The molecule has 1 N–H and O–H groups in total. The van der Waals surface area contributed by atoms with Crippen molar-refractivity contribution in [2.45, 2.75) is 13.8 Å². The summed E-state index contributed by atoms with van der Waals surface area (Å²) in [4.78, 5) is 12.8. The van der Waals surface area contributed by atoms with Crippen LogP contribution < -0.4 is 10.1 Å². The minimum atomic E-state index is -0.318. The lowest BCUT2D eigenvalue weighted by atomic mass is 10.1. The minimum absolute atomic E-state index is 0.318. The number of amides is 1. The summed E-state index contributed by atoms with van der Waals surface area (Å²) < 4.78 is 6.81. The van der Waals surface area contributed by atoms with Crippen molar-refractivity contribution in [1.82, 2.24) is 20.2 Å². The van der Waals surface area contributed by atoms with Gasteiger partial charge in [-0.3, -0.25) is 4.79 Å². The third-order valence-corrected chi connectivity index (χ3v) is 4.09. The topological polar surface area (TPSA) is 81.9 Å². The van der Waals surface area contributed by atoms with E-state index in [1.807, 2.05) is 26.0 Å². The molecule has 0 saturated heterocycles. The first-order chi connectivity index (χ1) is 12.0. The maximum atomic E-state index is 12.8. The van der Waals surface area contributed by atoms with Crippen LogP contribution >= 0.6 is 11.6 Å². The molecule has 2 aromatic carbocycles. The molecule has 3 rings (SSSR count). The zero-order valence-corrected chi connectivity index (χ0v) is 14.7. The van der Waals surface area contributed by atoms with Gasteiger partial charge in [0.1, 0.15) is 12.1 Å². The second-order valence-corrected chi connectivity index (χ2v) is 5.89. The molecule has 0 bridgehead atoms. The highest BCUT2D eigenvalue weighted by Crippen LogP contribution is 2.30. The number of halogens is 1. The number of tetrazole rings is 1. The lowest BCUT2D eigenvalue weighted by Gasteiger charge is -2.15. The molecule has 0 spiro atoms. The Morgan fingerprint density at radius 3 is 2.72 bits per heavy atom. The fraction of sp³-hybridized carbons (Fsp3) is 0.176. The fourth-order valence-electron chi connectivity index (χ4n) is 2.63. The number of nitrogens with zero attached hydrogens (tertiary/aromatic N) is 4. The summed E-state index contributed by atoms with van der Waals surface area (Å²) in [5, 5.41) is 14.4. The third kappa shape index (κ3) is 3.32.